The number of fused-ring (bicyclic) bond motifs is 1. The van der Waals surface area contributed by atoms with Crippen LogP contribution < -0.4 is 15.7 Å². The molecule has 0 unspecified atom stereocenters. The second-order valence-electron chi connectivity index (χ2n) is 9.97. The minimum absolute atomic E-state index is 0.00156. The van der Waals surface area contributed by atoms with Gasteiger partial charge in [0.15, 0.2) is 6.29 Å². The van der Waals surface area contributed by atoms with Crippen molar-refractivity contribution in [3.63, 3.8) is 0 Å². The quantitative estimate of drug-likeness (QED) is 0.489. The van der Waals surface area contributed by atoms with E-state index in [0.29, 0.717) is 25.2 Å². The van der Waals surface area contributed by atoms with Gasteiger partial charge in [-0.2, -0.15) is 0 Å². The molecule has 0 saturated carbocycles. The minimum Gasteiger partial charge on any atom is -0.405 e. The molecule has 0 spiro atoms. The Morgan fingerprint density at radius 2 is 1.69 bits per heavy atom. The van der Waals surface area contributed by atoms with E-state index < -0.39 is 8.32 Å². The minimum atomic E-state index is -2.57. The lowest BCUT2D eigenvalue weighted by Crippen LogP contribution is -2.67. The normalized spacial score (nSPS) is 26.0. The molecule has 2 aliphatic rings. The number of hydrogen-bond acceptors (Lipinski definition) is 4. The number of rotatable bonds is 8. The first-order valence-electron chi connectivity index (χ1n) is 11.8. The molecule has 2 aromatic carbocycles. The predicted molar refractivity (Wildman–Crippen MR) is 133 cm³/mol. The molecule has 1 N–H and O–H groups in total. The zero-order valence-corrected chi connectivity index (χ0v) is 20.6. The van der Waals surface area contributed by atoms with E-state index in [-0.39, 0.29) is 17.4 Å². The van der Waals surface area contributed by atoms with E-state index in [2.05, 4.69) is 93.3 Å². The lowest BCUT2D eigenvalue weighted by molar-refractivity contribution is -0.223. The van der Waals surface area contributed by atoms with Gasteiger partial charge in [0.2, 0.25) is 0 Å². The Bertz CT molecular complexity index is 828. The van der Waals surface area contributed by atoms with Crippen molar-refractivity contribution in [2.24, 2.45) is 5.92 Å². The highest BCUT2D eigenvalue weighted by atomic mass is 28.4. The Labute approximate surface area is 194 Å². The van der Waals surface area contributed by atoms with E-state index in [9.17, 15) is 0 Å². The van der Waals surface area contributed by atoms with Crippen LogP contribution >= 0.6 is 0 Å². The van der Waals surface area contributed by atoms with Gasteiger partial charge in [-0.25, -0.2) is 0 Å². The molecule has 5 heteroatoms. The molecule has 0 radical (unpaired) electrons. The molecule has 172 valence electrons. The molecule has 0 bridgehead atoms. The molecule has 2 saturated heterocycles. The molecule has 2 heterocycles. The topological polar surface area (TPSA) is 39.7 Å². The number of nitrogens with one attached hydrogen (secondary N) is 1. The molecule has 0 amide bonds. The van der Waals surface area contributed by atoms with E-state index in [4.69, 9.17) is 13.9 Å². The third-order valence-corrected chi connectivity index (χ3v) is 11.9. The van der Waals surface area contributed by atoms with E-state index in [1.807, 2.05) is 0 Å². The largest absolute Gasteiger partial charge is 0.405 e. The van der Waals surface area contributed by atoms with Crippen LogP contribution in [0.15, 0.2) is 73.3 Å². The van der Waals surface area contributed by atoms with Gasteiger partial charge in [0.05, 0.1) is 19.3 Å². The summed E-state index contributed by atoms with van der Waals surface area (Å²) in [7, 11) is -2.57. The van der Waals surface area contributed by atoms with Crippen molar-refractivity contribution in [3.05, 3.63) is 73.3 Å². The van der Waals surface area contributed by atoms with Crippen LogP contribution in [0.5, 0.6) is 0 Å². The van der Waals surface area contributed by atoms with Gasteiger partial charge in [0.1, 0.15) is 0 Å². The van der Waals surface area contributed by atoms with Gasteiger partial charge in [-0.05, 0) is 34.8 Å². The number of benzene rings is 2. The molecule has 4 rings (SSSR count). The molecule has 0 aliphatic carbocycles. The molecular formula is C27H37NO3Si. The lowest BCUT2D eigenvalue weighted by atomic mass is 9.92. The van der Waals surface area contributed by atoms with Crippen LogP contribution in [0.1, 0.15) is 33.6 Å². The summed E-state index contributed by atoms with van der Waals surface area (Å²) >= 11 is 0. The highest BCUT2D eigenvalue weighted by Crippen LogP contribution is 2.38. The Hall–Kier alpha value is -1.76. The molecule has 0 aromatic heterocycles. The highest BCUT2D eigenvalue weighted by Gasteiger charge is 2.51. The van der Waals surface area contributed by atoms with Gasteiger partial charge in [0.25, 0.3) is 8.32 Å². The maximum absolute atomic E-state index is 7.12. The van der Waals surface area contributed by atoms with Crippen molar-refractivity contribution in [1.82, 2.24) is 5.32 Å². The summed E-state index contributed by atoms with van der Waals surface area (Å²) in [5.41, 5.74) is 0. The Balaban J connectivity index is 1.63. The first-order valence-corrected chi connectivity index (χ1v) is 13.7. The third kappa shape index (κ3) is 4.63. The fourth-order valence-electron chi connectivity index (χ4n) is 5.41. The van der Waals surface area contributed by atoms with Crippen molar-refractivity contribution in [1.29, 1.82) is 0 Å². The maximum Gasteiger partial charge on any atom is 0.261 e. The first kappa shape index (κ1) is 23.4. The summed E-state index contributed by atoms with van der Waals surface area (Å²) in [5, 5.41) is 6.21. The van der Waals surface area contributed by atoms with E-state index in [1.165, 1.54) is 10.4 Å². The monoisotopic (exact) mass is 451 g/mol. The van der Waals surface area contributed by atoms with Crippen LogP contribution in [0.25, 0.3) is 0 Å². The van der Waals surface area contributed by atoms with Crippen LogP contribution in [-0.4, -0.2) is 46.5 Å². The summed E-state index contributed by atoms with van der Waals surface area (Å²) in [6, 6.07) is 22.0. The standard InChI is InChI=1S/C27H37NO3Si/c1-5-18-29-26-24-16-17-28-25(24)19-21(31-26)20-30-32(27(2,3)4,22-12-8-6-9-13-22)23-14-10-7-11-15-23/h5-15,21,24-26,28H,1,16-20H2,2-4H3/t21-,24+,25+,26-/m0/s1. The predicted octanol–water partition coefficient (Wildman–Crippen LogP) is 3.86. The first-order chi connectivity index (χ1) is 15.5. The van der Waals surface area contributed by atoms with Crippen LogP contribution in [-0.2, 0) is 13.9 Å². The average Bonchev–Trinajstić information content (AvgIpc) is 3.27. The summed E-state index contributed by atoms with van der Waals surface area (Å²) < 4.78 is 19.6. The summed E-state index contributed by atoms with van der Waals surface area (Å²) in [6.45, 7) is 12.8. The van der Waals surface area contributed by atoms with Crippen molar-refractivity contribution in [3.8, 4) is 0 Å². The van der Waals surface area contributed by atoms with Crippen molar-refractivity contribution >= 4 is 18.7 Å². The molecule has 2 aromatic rings. The summed E-state index contributed by atoms with van der Waals surface area (Å²) in [6.07, 6.45) is 3.64. The number of hydrogen-bond donors (Lipinski definition) is 1. The van der Waals surface area contributed by atoms with E-state index in [0.717, 1.165) is 19.4 Å². The van der Waals surface area contributed by atoms with Crippen LogP contribution in [0.4, 0.5) is 0 Å². The number of ether oxygens (including phenoxy) is 2. The van der Waals surface area contributed by atoms with Gasteiger partial charge < -0.3 is 19.2 Å². The summed E-state index contributed by atoms with van der Waals surface area (Å²) in [5.74, 6) is 0.402. The van der Waals surface area contributed by atoms with Gasteiger partial charge in [-0.3, -0.25) is 0 Å². The maximum atomic E-state index is 7.12. The van der Waals surface area contributed by atoms with Crippen molar-refractivity contribution in [2.45, 2.75) is 57.1 Å². The van der Waals surface area contributed by atoms with Crippen LogP contribution in [0, 0.1) is 5.92 Å². The average molecular weight is 452 g/mol. The van der Waals surface area contributed by atoms with Gasteiger partial charge in [-0.15, -0.1) is 6.58 Å². The second kappa shape index (κ2) is 10.0. The molecule has 2 aliphatic heterocycles. The van der Waals surface area contributed by atoms with Crippen molar-refractivity contribution < 1.29 is 13.9 Å². The van der Waals surface area contributed by atoms with Crippen LogP contribution in [0.2, 0.25) is 5.04 Å². The molecule has 32 heavy (non-hydrogen) atoms. The Kier molecular flexibility index (Phi) is 7.33. The van der Waals surface area contributed by atoms with Crippen molar-refractivity contribution in [2.75, 3.05) is 19.8 Å². The fourth-order valence-corrected chi connectivity index (χ4v) is 10.0. The highest BCUT2D eigenvalue weighted by molar-refractivity contribution is 6.99. The molecular weight excluding hydrogens is 414 g/mol. The van der Waals surface area contributed by atoms with E-state index >= 15 is 0 Å². The van der Waals surface area contributed by atoms with Gasteiger partial charge in [0, 0.05) is 12.0 Å². The summed E-state index contributed by atoms with van der Waals surface area (Å²) in [4.78, 5) is 0. The van der Waals surface area contributed by atoms with Crippen LogP contribution in [0.3, 0.4) is 0 Å². The zero-order valence-electron chi connectivity index (χ0n) is 19.6. The van der Waals surface area contributed by atoms with Gasteiger partial charge >= 0.3 is 0 Å². The molecule has 4 atom stereocenters. The third-order valence-electron chi connectivity index (χ3n) is 6.87. The Morgan fingerprint density at radius 3 is 2.25 bits per heavy atom. The SMILES string of the molecule is C=CCO[C@H]1O[C@H](CO[Si](c2ccccc2)(c2ccccc2)C(C)(C)C)C[C@H]2NCC[C@@H]12. The molecule has 2 fully saturated rings. The smallest absolute Gasteiger partial charge is 0.261 e. The fraction of sp³-hybridized carbons (Fsp3) is 0.481. The zero-order chi connectivity index (χ0) is 22.6. The van der Waals surface area contributed by atoms with E-state index in [1.54, 1.807) is 6.08 Å². The van der Waals surface area contributed by atoms with Gasteiger partial charge in [-0.1, -0.05) is 87.5 Å². The Morgan fingerprint density at radius 1 is 1.06 bits per heavy atom. The lowest BCUT2D eigenvalue weighted by Gasteiger charge is -2.45. The molecule has 4 nitrogen and oxygen atoms in total. The second-order valence-corrected chi connectivity index (χ2v) is 14.3.